The minimum Gasteiger partial charge on any atom is -0.455 e. The van der Waals surface area contributed by atoms with E-state index in [9.17, 15) is 4.79 Å². The Bertz CT molecular complexity index is 766. The van der Waals surface area contributed by atoms with Crippen LogP contribution in [-0.2, 0) is 0 Å². The van der Waals surface area contributed by atoms with E-state index >= 15 is 0 Å². The molecular formula is C14H8BrNO2. The number of hydrogen-bond donors (Lipinski definition) is 0. The van der Waals surface area contributed by atoms with Crippen LogP contribution in [0.1, 0.15) is 0 Å². The van der Waals surface area contributed by atoms with Crippen molar-refractivity contribution < 1.29 is 4.42 Å². The molecule has 0 atom stereocenters. The van der Waals surface area contributed by atoms with Crippen molar-refractivity contribution in [2.45, 2.75) is 0 Å². The van der Waals surface area contributed by atoms with Crippen LogP contribution in [0.4, 0.5) is 0 Å². The second-order valence-electron chi connectivity index (χ2n) is 3.83. The highest BCUT2D eigenvalue weighted by Gasteiger charge is 2.08. The molecule has 0 fully saturated rings. The van der Waals surface area contributed by atoms with E-state index in [0.29, 0.717) is 16.7 Å². The van der Waals surface area contributed by atoms with E-state index in [1.54, 1.807) is 30.6 Å². The molecule has 2 heterocycles. The van der Waals surface area contributed by atoms with Crippen molar-refractivity contribution in [1.82, 2.24) is 4.98 Å². The van der Waals surface area contributed by atoms with Crippen molar-refractivity contribution in [2.24, 2.45) is 0 Å². The molecule has 3 rings (SSSR count). The molecule has 0 aliphatic carbocycles. The fourth-order valence-corrected chi connectivity index (χ4v) is 2.25. The first-order valence-corrected chi connectivity index (χ1v) is 6.18. The van der Waals surface area contributed by atoms with Crippen LogP contribution in [0, 0.1) is 0 Å². The Hall–Kier alpha value is -1.94. The summed E-state index contributed by atoms with van der Waals surface area (Å²) >= 11 is 3.39. The molecule has 0 amide bonds. The molecule has 18 heavy (non-hydrogen) atoms. The van der Waals surface area contributed by atoms with Crippen molar-refractivity contribution in [2.75, 3.05) is 0 Å². The number of aromatic nitrogens is 1. The number of rotatable bonds is 1. The predicted octanol–water partition coefficient (Wildman–Crippen LogP) is 3.62. The third-order valence-electron chi connectivity index (χ3n) is 2.67. The fourth-order valence-electron chi connectivity index (χ4n) is 1.80. The minimum absolute atomic E-state index is 0.0515. The Morgan fingerprint density at radius 2 is 1.89 bits per heavy atom. The molecule has 3 aromatic rings. The maximum absolute atomic E-state index is 12.0. The van der Waals surface area contributed by atoms with E-state index in [2.05, 4.69) is 20.9 Å². The Labute approximate surface area is 111 Å². The largest absolute Gasteiger partial charge is 0.455 e. The van der Waals surface area contributed by atoms with Gasteiger partial charge < -0.3 is 4.42 Å². The van der Waals surface area contributed by atoms with Crippen molar-refractivity contribution >= 4 is 26.9 Å². The van der Waals surface area contributed by atoms with Gasteiger partial charge in [0, 0.05) is 24.0 Å². The number of para-hydroxylation sites is 1. The van der Waals surface area contributed by atoms with Crippen LogP contribution in [-0.4, -0.2) is 4.98 Å². The Balaban J connectivity index is 2.34. The van der Waals surface area contributed by atoms with Gasteiger partial charge in [-0.2, -0.15) is 0 Å². The van der Waals surface area contributed by atoms with Gasteiger partial charge in [0.15, 0.2) is 11.0 Å². The highest BCUT2D eigenvalue weighted by atomic mass is 79.9. The monoisotopic (exact) mass is 301 g/mol. The minimum atomic E-state index is -0.0515. The lowest BCUT2D eigenvalue weighted by Crippen LogP contribution is -2.00. The molecule has 0 saturated carbocycles. The zero-order valence-electron chi connectivity index (χ0n) is 9.26. The zero-order valence-corrected chi connectivity index (χ0v) is 10.8. The predicted molar refractivity (Wildman–Crippen MR) is 73.4 cm³/mol. The van der Waals surface area contributed by atoms with Crippen LogP contribution in [0.2, 0.25) is 0 Å². The lowest BCUT2D eigenvalue weighted by atomic mass is 10.1. The highest BCUT2D eigenvalue weighted by molar-refractivity contribution is 9.10. The van der Waals surface area contributed by atoms with Gasteiger partial charge in [-0.3, -0.25) is 9.78 Å². The first-order chi connectivity index (χ1) is 8.75. The normalized spacial score (nSPS) is 10.7. The van der Waals surface area contributed by atoms with Crippen molar-refractivity contribution in [3.05, 3.63) is 63.5 Å². The topological polar surface area (TPSA) is 43.1 Å². The van der Waals surface area contributed by atoms with Crippen molar-refractivity contribution in [3.63, 3.8) is 0 Å². The molecule has 3 nitrogen and oxygen atoms in total. The van der Waals surface area contributed by atoms with Crippen molar-refractivity contribution in [3.8, 4) is 11.3 Å². The van der Waals surface area contributed by atoms with Gasteiger partial charge in [0.1, 0.15) is 5.76 Å². The number of nitrogens with zero attached hydrogens (tertiary/aromatic N) is 1. The van der Waals surface area contributed by atoms with E-state index < -0.39 is 0 Å². The molecule has 0 saturated heterocycles. The lowest BCUT2D eigenvalue weighted by Gasteiger charge is -2.03. The number of hydrogen-bond acceptors (Lipinski definition) is 3. The van der Waals surface area contributed by atoms with Gasteiger partial charge in [0.2, 0.25) is 0 Å². The highest BCUT2D eigenvalue weighted by Crippen LogP contribution is 2.26. The maximum atomic E-state index is 12.0. The number of benzene rings is 1. The molecule has 4 heteroatoms. The number of pyridine rings is 1. The summed E-state index contributed by atoms with van der Waals surface area (Å²) in [6.07, 6.45) is 3.33. The quantitative estimate of drug-likeness (QED) is 0.689. The first kappa shape index (κ1) is 11.2. The molecule has 0 N–H and O–H groups in total. The van der Waals surface area contributed by atoms with Crippen molar-refractivity contribution in [1.29, 1.82) is 0 Å². The molecule has 0 spiro atoms. The Kier molecular flexibility index (Phi) is 2.72. The molecular weight excluding hydrogens is 294 g/mol. The fraction of sp³-hybridized carbons (Fsp3) is 0. The molecule has 2 aromatic heterocycles. The van der Waals surface area contributed by atoms with E-state index in [0.717, 1.165) is 10.0 Å². The maximum Gasteiger partial charge on any atom is 0.193 e. The van der Waals surface area contributed by atoms with Gasteiger partial charge in [-0.15, -0.1) is 0 Å². The molecule has 0 bridgehead atoms. The third-order valence-corrected chi connectivity index (χ3v) is 3.30. The lowest BCUT2D eigenvalue weighted by molar-refractivity contribution is 0.617. The summed E-state index contributed by atoms with van der Waals surface area (Å²) in [6.45, 7) is 0. The second kappa shape index (κ2) is 4.38. The summed E-state index contributed by atoms with van der Waals surface area (Å²) in [5.74, 6) is 0.543. The summed E-state index contributed by atoms with van der Waals surface area (Å²) in [7, 11) is 0. The average Bonchev–Trinajstić information content (AvgIpc) is 2.41. The van der Waals surface area contributed by atoms with E-state index in [1.165, 1.54) is 6.07 Å². The van der Waals surface area contributed by atoms with Crippen LogP contribution in [0.3, 0.4) is 0 Å². The van der Waals surface area contributed by atoms with Gasteiger partial charge in [-0.1, -0.05) is 6.07 Å². The Morgan fingerprint density at radius 1 is 1.11 bits per heavy atom. The van der Waals surface area contributed by atoms with E-state index in [-0.39, 0.29) is 5.43 Å². The molecule has 88 valence electrons. The first-order valence-electron chi connectivity index (χ1n) is 5.38. The standard InChI is InChI=1S/C14H8BrNO2/c15-11-3-1-2-10-12(17)8-13(18-14(10)11)9-4-6-16-7-5-9/h1-8H. The molecule has 0 unspecified atom stereocenters. The Morgan fingerprint density at radius 3 is 2.67 bits per heavy atom. The van der Waals surface area contributed by atoms with E-state index in [4.69, 9.17) is 4.42 Å². The summed E-state index contributed by atoms with van der Waals surface area (Å²) in [6, 6.07) is 10.5. The van der Waals surface area contributed by atoms with E-state index in [1.807, 2.05) is 12.1 Å². The molecule has 0 aliphatic heterocycles. The van der Waals surface area contributed by atoms with Gasteiger partial charge >= 0.3 is 0 Å². The number of fused-ring (bicyclic) bond motifs is 1. The molecule has 0 radical (unpaired) electrons. The van der Waals surface area contributed by atoms with Gasteiger partial charge in [-0.05, 0) is 40.2 Å². The van der Waals surface area contributed by atoms with Crippen LogP contribution < -0.4 is 5.43 Å². The average molecular weight is 302 g/mol. The molecule has 0 aliphatic rings. The summed E-state index contributed by atoms with van der Waals surface area (Å²) in [5, 5.41) is 0.571. The summed E-state index contributed by atoms with van der Waals surface area (Å²) < 4.78 is 6.56. The van der Waals surface area contributed by atoms with Gasteiger partial charge in [0.25, 0.3) is 0 Å². The van der Waals surface area contributed by atoms with Gasteiger partial charge in [0.05, 0.1) is 9.86 Å². The zero-order chi connectivity index (χ0) is 12.5. The van der Waals surface area contributed by atoms with Crippen LogP contribution >= 0.6 is 15.9 Å². The SMILES string of the molecule is O=c1cc(-c2ccncc2)oc2c(Br)cccc12. The number of halogens is 1. The third kappa shape index (κ3) is 1.84. The smallest absolute Gasteiger partial charge is 0.193 e. The second-order valence-corrected chi connectivity index (χ2v) is 4.68. The summed E-state index contributed by atoms with van der Waals surface area (Å²) in [5.41, 5.74) is 1.35. The van der Waals surface area contributed by atoms with Gasteiger partial charge in [-0.25, -0.2) is 0 Å². The molecule has 1 aromatic carbocycles. The summed E-state index contributed by atoms with van der Waals surface area (Å²) in [4.78, 5) is 16.0. The van der Waals surface area contributed by atoms with Crippen LogP contribution in [0.15, 0.2) is 62.5 Å². The van der Waals surface area contributed by atoms with Crippen LogP contribution in [0.5, 0.6) is 0 Å². The van der Waals surface area contributed by atoms with Crippen LogP contribution in [0.25, 0.3) is 22.3 Å².